The number of nitro groups is 1. The van der Waals surface area contributed by atoms with Crippen molar-refractivity contribution in [2.24, 2.45) is 0 Å². The second-order valence-electron chi connectivity index (χ2n) is 8.56. The molecule has 1 aromatic carbocycles. The molecule has 2 unspecified atom stereocenters. The van der Waals surface area contributed by atoms with Crippen LogP contribution in [0.1, 0.15) is 19.3 Å². The molecule has 0 aliphatic carbocycles. The monoisotopic (exact) mass is 574 g/mol. The number of piperazine rings is 1. The Morgan fingerprint density at radius 3 is 2.49 bits per heavy atom. The van der Waals surface area contributed by atoms with Gasteiger partial charge in [0.25, 0.3) is 21.6 Å². The number of hydrogen-bond acceptors (Lipinski definition) is 10. The van der Waals surface area contributed by atoms with Gasteiger partial charge in [0, 0.05) is 49.7 Å². The molecule has 4 rings (SSSR count). The molecule has 2 fully saturated rings. The Balaban J connectivity index is 1.56. The normalized spacial score (nSPS) is 22.0. The highest BCUT2D eigenvalue weighted by molar-refractivity contribution is 7.91. The van der Waals surface area contributed by atoms with Crippen molar-refractivity contribution >= 4 is 43.0 Å². The number of carbonyl (C=O) groups is 1. The van der Waals surface area contributed by atoms with Crippen molar-refractivity contribution in [1.82, 2.24) is 14.1 Å². The molecular weight excluding hydrogens is 548 g/mol. The minimum atomic E-state index is -4.20. The number of ether oxygens (including phenoxy) is 1. The van der Waals surface area contributed by atoms with Crippen LogP contribution in [0.5, 0.6) is 0 Å². The fourth-order valence-electron chi connectivity index (χ4n) is 4.02. The van der Waals surface area contributed by atoms with Crippen molar-refractivity contribution in [3.63, 3.8) is 0 Å². The minimum absolute atomic E-state index is 0.0528. The molecule has 3 heterocycles. The number of hydrogen-bond donors (Lipinski definition) is 1. The summed E-state index contributed by atoms with van der Waals surface area (Å²) in [7, 11) is -7.88. The second-order valence-corrected chi connectivity index (χ2v) is 13.7. The van der Waals surface area contributed by atoms with Crippen LogP contribution in [-0.2, 0) is 34.4 Å². The molecule has 0 saturated carbocycles. The van der Waals surface area contributed by atoms with E-state index in [1.165, 1.54) is 30.3 Å². The summed E-state index contributed by atoms with van der Waals surface area (Å²) >= 11 is 0.943. The molecule has 1 amide bonds. The Bertz CT molecular complexity index is 1350. The number of thiophene rings is 1. The van der Waals surface area contributed by atoms with E-state index >= 15 is 0 Å². The molecular formula is C21H26N4O9S3. The van der Waals surface area contributed by atoms with E-state index in [-0.39, 0.29) is 29.5 Å². The lowest BCUT2D eigenvalue weighted by Crippen LogP contribution is -2.61. The number of amides is 1. The topological polar surface area (TPSA) is 165 Å². The van der Waals surface area contributed by atoms with Gasteiger partial charge in [-0.15, -0.1) is 11.3 Å². The SMILES string of the molecule is CS(=O)(=O)N1CCN(S(=O)(=O)c2ccc(-c3ccc([N+](=O)[O-])cc3)s2)C(C(=O)NOC2CCCCO2)C1. The third kappa shape index (κ3) is 6.34. The molecule has 1 aromatic heterocycles. The Morgan fingerprint density at radius 1 is 1.14 bits per heavy atom. The maximum atomic E-state index is 13.6. The van der Waals surface area contributed by atoms with Gasteiger partial charge >= 0.3 is 0 Å². The lowest BCUT2D eigenvalue weighted by molar-refractivity contribution is -0.384. The molecule has 1 N–H and O–H groups in total. The molecule has 2 aromatic rings. The number of benzene rings is 1. The van der Waals surface area contributed by atoms with Gasteiger partial charge in [-0.2, -0.15) is 8.61 Å². The summed E-state index contributed by atoms with van der Waals surface area (Å²) in [6.45, 7) is -0.256. The predicted molar refractivity (Wildman–Crippen MR) is 133 cm³/mol. The molecule has 13 nitrogen and oxygen atoms in total. The van der Waals surface area contributed by atoms with Gasteiger partial charge in [0.1, 0.15) is 10.3 Å². The summed E-state index contributed by atoms with van der Waals surface area (Å²) in [5, 5.41) is 10.9. The van der Waals surface area contributed by atoms with Gasteiger partial charge in [0.15, 0.2) is 6.29 Å². The number of hydroxylamine groups is 1. The van der Waals surface area contributed by atoms with Crippen LogP contribution in [0.25, 0.3) is 10.4 Å². The van der Waals surface area contributed by atoms with Crippen LogP contribution in [0.2, 0.25) is 0 Å². The fraction of sp³-hybridized carbons (Fsp3) is 0.476. The molecule has 2 aliphatic rings. The molecule has 2 aliphatic heterocycles. The van der Waals surface area contributed by atoms with Gasteiger partial charge in [0.05, 0.1) is 11.2 Å². The standard InChI is InChI=1S/C21H26N4O9S3/c1-36(29,30)23-11-12-24(17(14-23)21(26)22-34-19-4-2-3-13-33-19)37(31,32)20-10-9-18(35-20)15-5-7-16(8-6-15)25(27)28/h5-10,17,19H,2-4,11-14H2,1H3,(H,22,26). The van der Waals surface area contributed by atoms with Crippen LogP contribution in [0.4, 0.5) is 5.69 Å². The number of carbonyl (C=O) groups excluding carboxylic acids is 1. The lowest BCUT2D eigenvalue weighted by atomic mass is 10.2. The van der Waals surface area contributed by atoms with Gasteiger partial charge in [0.2, 0.25) is 10.0 Å². The molecule has 0 spiro atoms. The van der Waals surface area contributed by atoms with E-state index in [9.17, 15) is 31.7 Å². The Kier molecular flexibility index (Phi) is 8.27. The average molecular weight is 575 g/mol. The number of nitro benzene ring substituents is 1. The average Bonchev–Trinajstić information content (AvgIpc) is 3.38. The first-order valence-corrected chi connectivity index (χ1v) is 15.5. The van der Waals surface area contributed by atoms with Crippen LogP contribution in [-0.4, -0.2) is 81.1 Å². The lowest BCUT2D eigenvalue weighted by Gasteiger charge is -2.38. The first kappa shape index (κ1) is 27.6. The summed E-state index contributed by atoms with van der Waals surface area (Å²) in [5.74, 6) is -0.807. The number of non-ortho nitro benzene ring substituents is 1. The number of sulfonamides is 2. The molecule has 2 saturated heterocycles. The molecule has 0 bridgehead atoms. The van der Waals surface area contributed by atoms with E-state index in [4.69, 9.17) is 9.57 Å². The van der Waals surface area contributed by atoms with E-state index in [0.29, 0.717) is 23.5 Å². The summed E-state index contributed by atoms with van der Waals surface area (Å²) < 4.78 is 58.8. The van der Waals surface area contributed by atoms with Crippen LogP contribution >= 0.6 is 11.3 Å². The van der Waals surface area contributed by atoms with Gasteiger partial charge in [-0.3, -0.25) is 14.9 Å². The second kappa shape index (κ2) is 11.1. The van der Waals surface area contributed by atoms with E-state index in [2.05, 4.69) is 5.48 Å². The van der Waals surface area contributed by atoms with Crippen molar-refractivity contribution in [2.75, 3.05) is 32.5 Å². The first-order valence-electron chi connectivity index (χ1n) is 11.4. The highest BCUT2D eigenvalue weighted by Gasteiger charge is 2.43. The molecule has 0 radical (unpaired) electrons. The van der Waals surface area contributed by atoms with Crippen molar-refractivity contribution in [2.45, 2.75) is 35.8 Å². The molecule has 37 heavy (non-hydrogen) atoms. The fourth-order valence-corrected chi connectivity index (χ4v) is 7.85. The van der Waals surface area contributed by atoms with Gasteiger partial charge in [-0.1, -0.05) is 0 Å². The zero-order chi connectivity index (χ0) is 26.8. The summed E-state index contributed by atoms with van der Waals surface area (Å²) in [6, 6.07) is 7.28. The zero-order valence-electron chi connectivity index (χ0n) is 19.8. The van der Waals surface area contributed by atoms with Gasteiger partial charge in [-0.25, -0.2) is 27.2 Å². The van der Waals surface area contributed by atoms with E-state index in [1.54, 1.807) is 6.07 Å². The van der Waals surface area contributed by atoms with Crippen LogP contribution in [0.3, 0.4) is 0 Å². The van der Waals surface area contributed by atoms with Crippen LogP contribution in [0.15, 0.2) is 40.6 Å². The van der Waals surface area contributed by atoms with Crippen molar-refractivity contribution < 1.29 is 36.1 Å². The third-order valence-corrected chi connectivity index (χ3v) is 10.8. The van der Waals surface area contributed by atoms with E-state index in [1.807, 2.05) is 0 Å². The van der Waals surface area contributed by atoms with Gasteiger partial charge in [-0.05, 0) is 42.7 Å². The number of nitrogens with one attached hydrogen (secondary N) is 1. The largest absolute Gasteiger partial charge is 0.350 e. The first-order chi connectivity index (χ1) is 17.5. The maximum absolute atomic E-state index is 13.6. The quantitative estimate of drug-likeness (QED) is 0.363. The number of nitrogens with zero attached hydrogens (tertiary/aromatic N) is 3. The Hall–Kier alpha value is -2.47. The molecule has 16 heteroatoms. The number of rotatable bonds is 8. The minimum Gasteiger partial charge on any atom is -0.350 e. The molecule has 2 atom stereocenters. The third-order valence-electron chi connectivity index (χ3n) is 6.00. The van der Waals surface area contributed by atoms with Crippen molar-refractivity contribution in [3.05, 3.63) is 46.5 Å². The summed E-state index contributed by atoms with van der Waals surface area (Å²) in [5.41, 5.74) is 2.75. The summed E-state index contributed by atoms with van der Waals surface area (Å²) in [4.78, 5) is 29.3. The molecule has 202 valence electrons. The van der Waals surface area contributed by atoms with Crippen LogP contribution < -0.4 is 5.48 Å². The van der Waals surface area contributed by atoms with Gasteiger partial charge < -0.3 is 4.74 Å². The van der Waals surface area contributed by atoms with E-state index < -0.39 is 43.2 Å². The zero-order valence-corrected chi connectivity index (χ0v) is 22.3. The maximum Gasteiger partial charge on any atom is 0.269 e. The summed E-state index contributed by atoms with van der Waals surface area (Å²) in [6.07, 6.45) is 2.60. The smallest absolute Gasteiger partial charge is 0.269 e. The van der Waals surface area contributed by atoms with E-state index in [0.717, 1.165) is 39.0 Å². The van der Waals surface area contributed by atoms with Crippen molar-refractivity contribution in [3.8, 4) is 10.4 Å². The van der Waals surface area contributed by atoms with Crippen LogP contribution in [0, 0.1) is 10.1 Å². The highest BCUT2D eigenvalue weighted by atomic mass is 32.2. The highest BCUT2D eigenvalue weighted by Crippen LogP contribution is 2.34. The van der Waals surface area contributed by atoms with Crippen molar-refractivity contribution in [1.29, 1.82) is 0 Å². The Morgan fingerprint density at radius 2 is 1.86 bits per heavy atom. The predicted octanol–water partition coefficient (Wildman–Crippen LogP) is 1.53. The Labute approximate surface area is 218 Å².